The van der Waals surface area contributed by atoms with Gasteiger partial charge in [0.2, 0.25) is 0 Å². The summed E-state index contributed by atoms with van der Waals surface area (Å²) in [5, 5.41) is 0. The predicted octanol–water partition coefficient (Wildman–Crippen LogP) is 0.965. The zero-order valence-corrected chi connectivity index (χ0v) is 10.8. The van der Waals surface area contributed by atoms with E-state index in [-0.39, 0.29) is 24.5 Å². The van der Waals surface area contributed by atoms with E-state index in [2.05, 4.69) is 0 Å². The summed E-state index contributed by atoms with van der Waals surface area (Å²) in [5.74, 6) is -0.473. The zero-order valence-electron chi connectivity index (χ0n) is 10.8. The molecular formula is C12H21NO4. The monoisotopic (exact) mass is 243 g/mol. The SMILES string of the molecule is CCOC(=O)CN(C(=O)[C@H](C)OCC)C1CC1. The predicted molar refractivity (Wildman–Crippen MR) is 62.5 cm³/mol. The molecule has 0 aromatic heterocycles. The van der Waals surface area contributed by atoms with Crippen LogP contribution in [0.3, 0.4) is 0 Å². The highest BCUT2D eigenvalue weighted by atomic mass is 16.5. The third-order valence-corrected chi connectivity index (χ3v) is 2.64. The van der Waals surface area contributed by atoms with Gasteiger partial charge in [0.15, 0.2) is 0 Å². The highest BCUT2D eigenvalue weighted by Crippen LogP contribution is 2.27. The third kappa shape index (κ3) is 4.34. The molecule has 5 nitrogen and oxygen atoms in total. The van der Waals surface area contributed by atoms with Crippen LogP contribution in [0, 0.1) is 0 Å². The average molecular weight is 243 g/mol. The van der Waals surface area contributed by atoms with Crippen LogP contribution in [0.25, 0.3) is 0 Å². The van der Waals surface area contributed by atoms with E-state index in [1.165, 1.54) is 0 Å². The van der Waals surface area contributed by atoms with Crippen LogP contribution in [0.2, 0.25) is 0 Å². The van der Waals surface area contributed by atoms with Crippen LogP contribution >= 0.6 is 0 Å². The Hall–Kier alpha value is -1.10. The minimum absolute atomic E-state index is 0.0365. The first kappa shape index (κ1) is 14.0. The molecule has 5 heteroatoms. The number of hydrogen-bond donors (Lipinski definition) is 0. The zero-order chi connectivity index (χ0) is 12.8. The smallest absolute Gasteiger partial charge is 0.325 e. The molecule has 0 heterocycles. The Bertz CT molecular complexity index is 276. The van der Waals surface area contributed by atoms with Crippen molar-refractivity contribution in [3.63, 3.8) is 0 Å². The van der Waals surface area contributed by atoms with Crippen LogP contribution in [0.15, 0.2) is 0 Å². The van der Waals surface area contributed by atoms with Crippen molar-refractivity contribution < 1.29 is 19.1 Å². The van der Waals surface area contributed by atoms with Crippen LogP contribution in [-0.4, -0.2) is 48.7 Å². The maximum absolute atomic E-state index is 12.0. The largest absolute Gasteiger partial charge is 0.465 e. The Morgan fingerprint density at radius 1 is 1.29 bits per heavy atom. The number of ether oxygens (including phenoxy) is 2. The molecule has 1 aliphatic carbocycles. The van der Waals surface area contributed by atoms with Crippen molar-refractivity contribution in [2.24, 2.45) is 0 Å². The van der Waals surface area contributed by atoms with E-state index in [0.29, 0.717) is 13.2 Å². The second-order valence-electron chi connectivity index (χ2n) is 4.10. The van der Waals surface area contributed by atoms with E-state index < -0.39 is 6.10 Å². The van der Waals surface area contributed by atoms with Crippen LogP contribution in [0.1, 0.15) is 33.6 Å². The summed E-state index contributed by atoms with van der Waals surface area (Å²) < 4.78 is 10.1. The highest BCUT2D eigenvalue weighted by molar-refractivity contribution is 5.85. The molecule has 0 saturated heterocycles. The molecule has 1 fully saturated rings. The molecule has 17 heavy (non-hydrogen) atoms. The van der Waals surface area contributed by atoms with Crippen molar-refractivity contribution in [2.75, 3.05) is 19.8 Å². The van der Waals surface area contributed by atoms with Gasteiger partial charge < -0.3 is 14.4 Å². The summed E-state index contributed by atoms with van der Waals surface area (Å²) in [7, 11) is 0. The fourth-order valence-electron chi connectivity index (χ4n) is 1.67. The molecule has 98 valence electrons. The van der Waals surface area contributed by atoms with Crippen LogP contribution < -0.4 is 0 Å². The van der Waals surface area contributed by atoms with Gasteiger partial charge in [-0.1, -0.05) is 0 Å². The summed E-state index contributed by atoms with van der Waals surface area (Å²) >= 11 is 0. The Kier molecular flexibility index (Phi) is 5.41. The molecule has 0 unspecified atom stereocenters. The van der Waals surface area contributed by atoms with Gasteiger partial charge in [0.25, 0.3) is 5.91 Å². The summed E-state index contributed by atoms with van der Waals surface area (Å²) in [4.78, 5) is 25.0. The van der Waals surface area contributed by atoms with Gasteiger partial charge in [-0.25, -0.2) is 0 Å². The van der Waals surface area contributed by atoms with Crippen LogP contribution in [-0.2, 0) is 19.1 Å². The van der Waals surface area contributed by atoms with Gasteiger partial charge in [0.05, 0.1) is 6.61 Å². The number of carbonyl (C=O) groups excluding carboxylic acids is 2. The van der Waals surface area contributed by atoms with E-state index in [1.54, 1.807) is 18.7 Å². The lowest BCUT2D eigenvalue weighted by Crippen LogP contribution is -2.43. The number of hydrogen-bond acceptors (Lipinski definition) is 4. The first-order chi connectivity index (χ1) is 8.10. The fraction of sp³-hybridized carbons (Fsp3) is 0.833. The second-order valence-corrected chi connectivity index (χ2v) is 4.10. The topological polar surface area (TPSA) is 55.8 Å². The number of nitrogens with zero attached hydrogens (tertiary/aromatic N) is 1. The van der Waals surface area contributed by atoms with Gasteiger partial charge in [-0.15, -0.1) is 0 Å². The van der Waals surface area contributed by atoms with Crippen molar-refractivity contribution in [1.29, 1.82) is 0 Å². The number of esters is 1. The minimum atomic E-state index is -0.491. The van der Waals surface area contributed by atoms with Gasteiger partial charge in [0.1, 0.15) is 12.6 Å². The molecule has 0 aromatic carbocycles. The summed E-state index contributed by atoms with van der Waals surface area (Å²) in [6.07, 6.45) is 1.43. The average Bonchev–Trinajstić information content (AvgIpc) is 3.09. The quantitative estimate of drug-likeness (QED) is 0.625. The highest BCUT2D eigenvalue weighted by Gasteiger charge is 2.36. The van der Waals surface area contributed by atoms with Gasteiger partial charge in [0, 0.05) is 12.6 Å². The Labute approximate surface area is 102 Å². The molecule has 1 amide bonds. The lowest BCUT2D eigenvalue weighted by molar-refractivity contribution is -0.153. The van der Waals surface area contributed by atoms with Crippen molar-refractivity contribution in [1.82, 2.24) is 4.90 Å². The number of amides is 1. The summed E-state index contributed by atoms with van der Waals surface area (Å²) in [5.41, 5.74) is 0. The first-order valence-corrected chi connectivity index (χ1v) is 6.17. The number of rotatable bonds is 7. The molecule has 0 aromatic rings. The van der Waals surface area contributed by atoms with Crippen molar-refractivity contribution in [2.45, 2.75) is 45.8 Å². The normalized spacial score (nSPS) is 16.4. The molecule has 1 aliphatic rings. The molecule has 0 N–H and O–H groups in total. The Morgan fingerprint density at radius 3 is 2.41 bits per heavy atom. The van der Waals surface area contributed by atoms with Gasteiger partial charge in [-0.2, -0.15) is 0 Å². The third-order valence-electron chi connectivity index (χ3n) is 2.64. The van der Waals surface area contributed by atoms with E-state index in [9.17, 15) is 9.59 Å². The van der Waals surface area contributed by atoms with Crippen molar-refractivity contribution in [3.05, 3.63) is 0 Å². The maximum atomic E-state index is 12.0. The molecular weight excluding hydrogens is 222 g/mol. The first-order valence-electron chi connectivity index (χ1n) is 6.17. The lowest BCUT2D eigenvalue weighted by Gasteiger charge is -2.24. The van der Waals surface area contributed by atoms with E-state index >= 15 is 0 Å². The summed E-state index contributed by atoms with van der Waals surface area (Å²) in [6.45, 7) is 6.18. The maximum Gasteiger partial charge on any atom is 0.325 e. The molecule has 1 rings (SSSR count). The van der Waals surface area contributed by atoms with Crippen LogP contribution in [0.4, 0.5) is 0 Å². The van der Waals surface area contributed by atoms with E-state index in [0.717, 1.165) is 12.8 Å². The van der Waals surface area contributed by atoms with Crippen molar-refractivity contribution >= 4 is 11.9 Å². The second kappa shape index (κ2) is 6.59. The Morgan fingerprint density at radius 2 is 1.94 bits per heavy atom. The molecule has 0 radical (unpaired) electrons. The lowest BCUT2D eigenvalue weighted by atomic mass is 10.3. The number of carbonyl (C=O) groups is 2. The minimum Gasteiger partial charge on any atom is -0.465 e. The van der Waals surface area contributed by atoms with Gasteiger partial charge in [-0.3, -0.25) is 9.59 Å². The molecule has 0 spiro atoms. The van der Waals surface area contributed by atoms with E-state index in [1.807, 2.05) is 6.92 Å². The van der Waals surface area contributed by atoms with Crippen molar-refractivity contribution in [3.8, 4) is 0 Å². The molecule has 0 aliphatic heterocycles. The van der Waals surface area contributed by atoms with Gasteiger partial charge in [-0.05, 0) is 33.6 Å². The molecule has 1 atom stereocenters. The fourth-order valence-corrected chi connectivity index (χ4v) is 1.67. The van der Waals surface area contributed by atoms with Gasteiger partial charge >= 0.3 is 5.97 Å². The van der Waals surface area contributed by atoms with Crippen LogP contribution in [0.5, 0.6) is 0 Å². The standard InChI is InChI=1S/C12H21NO4/c1-4-16-9(3)12(15)13(10-6-7-10)8-11(14)17-5-2/h9-10H,4-8H2,1-3H3/t9-/m0/s1. The Balaban J connectivity index is 2.53. The molecule has 0 bridgehead atoms. The van der Waals surface area contributed by atoms with E-state index in [4.69, 9.17) is 9.47 Å². The summed E-state index contributed by atoms with van der Waals surface area (Å²) in [6, 6.07) is 0.190. The molecule has 1 saturated carbocycles.